The number of aliphatic hydroxyl groups excluding tert-OH is 2. The molecule has 92 valence electrons. The van der Waals surface area contributed by atoms with Crippen molar-refractivity contribution in [3.05, 3.63) is 0 Å². The zero-order valence-electron chi connectivity index (χ0n) is 9.43. The van der Waals surface area contributed by atoms with E-state index < -0.39 is 12.2 Å². The molecule has 0 radical (unpaired) electrons. The molecule has 1 heterocycles. The third-order valence-corrected chi connectivity index (χ3v) is 3.71. The Labute approximate surface area is 95.2 Å². The van der Waals surface area contributed by atoms with Crippen LogP contribution in [0.3, 0.4) is 0 Å². The third-order valence-electron chi connectivity index (χ3n) is 3.71. The van der Waals surface area contributed by atoms with Crippen LogP contribution < -0.4 is 5.73 Å². The Morgan fingerprint density at radius 2 is 1.75 bits per heavy atom. The van der Waals surface area contributed by atoms with Gasteiger partial charge in [-0.05, 0) is 12.8 Å². The summed E-state index contributed by atoms with van der Waals surface area (Å²) in [5.41, 5.74) is 5.77. The average Bonchev–Trinajstić information content (AvgIpc) is 2.75. The van der Waals surface area contributed by atoms with E-state index in [-0.39, 0.29) is 24.5 Å². The van der Waals surface area contributed by atoms with E-state index in [2.05, 4.69) is 0 Å². The predicted molar refractivity (Wildman–Crippen MR) is 58.6 cm³/mol. The summed E-state index contributed by atoms with van der Waals surface area (Å²) in [7, 11) is 0. The molecule has 2 aliphatic rings. The van der Waals surface area contributed by atoms with Gasteiger partial charge in [-0.3, -0.25) is 4.79 Å². The quantitative estimate of drug-likeness (QED) is 0.578. The molecular formula is C11H20N2O3. The SMILES string of the molecule is NC1(CC(=O)N2CC(O)C(O)C2)CCCC1. The number of nitrogens with two attached hydrogens (primary N) is 1. The third kappa shape index (κ3) is 2.36. The van der Waals surface area contributed by atoms with Crippen molar-refractivity contribution in [2.75, 3.05) is 13.1 Å². The Kier molecular flexibility index (Phi) is 3.19. The van der Waals surface area contributed by atoms with Crippen LogP contribution in [0, 0.1) is 0 Å². The number of nitrogens with zero attached hydrogens (tertiary/aromatic N) is 1. The summed E-state index contributed by atoms with van der Waals surface area (Å²) in [6.07, 6.45) is 2.72. The Hall–Kier alpha value is -0.650. The number of amides is 1. The van der Waals surface area contributed by atoms with E-state index in [1.165, 1.54) is 4.90 Å². The first-order chi connectivity index (χ1) is 7.50. The minimum Gasteiger partial charge on any atom is -0.388 e. The Balaban J connectivity index is 1.89. The van der Waals surface area contributed by atoms with Gasteiger partial charge in [0.25, 0.3) is 0 Å². The molecule has 5 nitrogen and oxygen atoms in total. The highest BCUT2D eigenvalue weighted by molar-refractivity contribution is 5.78. The van der Waals surface area contributed by atoms with Crippen LogP contribution in [0.1, 0.15) is 32.1 Å². The molecule has 2 atom stereocenters. The molecule has 1 aliphatic carbocycles. The van der Waals surface area contributed by atoms with Gasteiger partial charge in [-0.25, -0.2) is 0 Å². The van der Waals surface area contributed by atoms with E-state index in [0.717, 1.165) is 25.7 Å². The van der Waals surface area contributed by atoms with E-state index in [1.54, 1.807) is 0 Å². The number of β-amino-alcohol motifs (C(OH)–C–C–N with tert-alkyl or cyclic N) is 2. The number of hydrogen-bond acceptors (Lipinski definition) is 4. The zero-order chi connectivity index (χ0) is 11.8. The van der Waals surface area contributed by atoms with Crippen molar-refractivity contribution in [1.82, 2.24) is 4.90 Å². The van der Waals surface area contributed by atoms with Crippen molar-refractivity contribution in [2.45, 2.75) is 49.9 Å². The van der Waals surface area contributed by atoms with Crippen molar-refractivity contribution in [1.29, 1.82) is 0 Å². The Morgan fingerprint density at radius 1 is 1.25 bits per heavy atom. The molecule has 0 aromatic rings. The minimum absolute atomic E-state index is 0.0417. The normalized spacial score (nSPS) is 33.3. The molecule has 0 aromatic carbocycles. The maximum Gasteiger partial charge on any atom is 0.224 e. The van der Waals surface area contributed by atoms with Crippen LogP contribution in [-0.2, 0) is 4.79 Å². The lowest BCUT2D eigenvalue weighted by molar-refractivity contribution is -0.131. The van der Waals surface area contributed by atoms with Gasteiger partial charge in [0.1, 0.15) is 0 Å². The number of rotatable bonds is 2. The molecule has 0 bridgehead atoms. The van der Waals surface area contributed by atoms with E-state index in [1.807, 2.05) is 0 Å². The molecule has 0 aromatic heterocycles. The van der Waals surface area contributed by atoms with Gasteiger partial charge in [0.15, 0.2) is 0 Å². The molecule has 2 rings (SSSR count). The molecule has 2 fully saturated rings. The highest BCUT2D eigenvalue weighted by Crippen LogP contribution is 2.31. The summed E-state index contributed by atoms with van der Waals surface area (Å²) in [5.74, 6) is -0.0417. The number of carbonyl (C=O) groups is 1. The molecule has 1 saturated carbocycles. The van der Waals surface area contributed by atoms with Gasteiger partial charge in [0.05, 0.1) is 12.2 Å². The molecule has 4 N–H and O–H groups in total. The summed E-state index contributed by atoms with van der Waals surface area (Å²) in [4.78, 5) is 13.4. The smallest absolute Gasteiger partial charge is 0.224 e. The monoisotopic (exact) mass is 228 g/mol. The van der Waals surface area contributed by atoms with Crippen molar-refractivity contribution in [3.8, 4) is 0 Å². The van der Waals surface area contributed by atoms with Crippen LogP contribution >= 0.6 is 0 Å². The van der Waals surface area contributed by atoms with Gasteiger partial charge in [-0.15, -0.1) is 0 Å². The molecule has 1 aliphatic heterocycles. The van der Waals surface area contributed by atoms with Gasteiger partial charge >= 0.3 is 0 Å². The van der Waals surface area contributed by atoms with E-state index in [0.29, 0.717) is 6.42 Å². The average molecular weight is 228 g/mol. The highest BCUT2D eigenvalue weighted by Gasteiger charge is 2.37. The predicted octanol–water partition coefficient (Wildman–Crippen LogP) is -0.788. The second kappa shape index (κ2) is 4.31. The van der Waals surface area contributed by atoms with E-state index in [4.69, 9.17) is 5.73 Å². The number of likely N-dealkylation sites (tertiary alicyclic amines) is 1. The number of aliphatic hydroxyl groups is 2. The van der Waals surface area contributed by atoms with Crippen LogP contribution in [-0.4, -0.2) is 51.9 Å². The lowest BCUT2D eigenvalue weighted by Crippen LogP contribution is -2.43. The first-order valence-corrected chi connectivity index (χ1v) is 5.93. The lowest BCUT2D eigenvalue weighted by Gasteiger charge is -2.25. The van der Waals surface area contributed by atoms with Crippen molar-refractivity contribution >= 4 is 5.91 Å². The molecule has 1 saturated heterocycles. The van der Waals surface area contributed by atoms with Crippen LogP contribution in [0.25, 0.3) is 0 Å². The molecule has 2 unspecified atom stereocenters. The summed E-state index contributed by atoms with van der Waals surface area (Å²) in [6, 6.07) is 0. The standard InChI is InChI=1S/C11H20N2O3/c12-11(3-1-2-4-11)5-10(16)13-6-8(14)9(15)7-13/h8-9,14-15H,1-7,12H2. The molecular weight excluding hydrogens is 208 g/mol. The van der Waals surface area contributed by atoms with Crippen LogP contribution in [0.2, 0.25) is 0 Å². The Morgan fingerprint density at radius 3 is 2.25 bits per heavy atom. The van der Waals surface area contributed by atoms with Crippen LogP contribution in [0.15, 0.2) is 0 Å². The first kappa shape index (κ1) is 11.8. The second-order valence-electron chi connectivity index (χ2n) is 5.18. The zero-order valence-corrected chi connectivity index (χ0v) is 9.43. The fourth-order valence-electron chi connectivity index (χ4n) is 2.64. The lowest BCUT2D eigenvalue weighted by atomic mass is 9.94. The topological polar surface area (TPSA) is 86.8 Å². The summed E-state index contributed by atoms with van der Waals surface area (Å²) >= 11 is 0. The maximum absolute atomic E-state index is 11.9. The molecule has 16 heavy (non-hydrogen) atoms. The fourth-order valence-corrected chi connectivity index (χ4v) is 2.64. The van der Waals surface area contributed by atoms with Crippen molar-refractivity contribution < 1.29 is 15.0 Å². The van der Waals surface area contributed by atoms with Gasteiger partial charge in [0.2, 0.25) is 5.91 Å². The number of hydrogen-bond donors (Lipinski definition) is 3. The van der Waals surface area contributed by atoms with E-state index in [9.17, 15) is 15.0 Å². The fraction of sp³-hybridized carbons (Fsp3) is 0.909. The van der Waals surface area contributed by atoms with Gasteiger partial charge in [0, 0.05) is 25.0 Å². The van der Waals surface area contributed by atoms with Crippen molar-refractivity contribution in [2.24, 2.45) is 5.73 Å². The molecule has 1 amide bonds. The summed E-state index contributed by atoms with van der Waals surface area (Å²) < 4.78 is 0. The molecule has 0 spiro atoms. The van der Waals surface area contributed by atoms with Crippen LogP contribution in [0.5, 0.6) is 0 Å². The maximum atomic E-state index is 11.9. The summed E-state index contributed by atoms with van der Waals surface area (Å²) in [6.45, 7) is 0.464. The van der Waals surface area contributed by atoms with Gasteiger partial charge in [-0.2, -0.15) is 0 Å². The highest BCUT2D eigenvalue weighted by atomic mass is 16.3. The minimum atomic E-state index is -0.804. The van der Waals surface area contributed by atoms with Crippen molar-refractivity contribution in [3.63, 3.8) is 0 Å². The van der Waals surface area contributed by atoms with Gasteiger partial charge < -0.3 is 20.8 Å². The Bertz CT molecular complexity index is 266. The summed E-state index contributed by atoms with van der Waals surface area (Å²) in [5, 5.41) is 18.7. The van der Waals surface area contributed by atoms with E-state index >= 15 is 0 Å². The van der Waals surface area contributed by atoms with Crippen LogP contribution in [0.4, 0.5) is 0 Å². The first-order valence-electron chi connectivity index (χ1n) is 5.93. The second-order valence-corrected chi connectivity index (χ2v) is 5.18. The molecule has 5 heteroatoms. The van der Waals surface area contributed by atoms with Gasteiger partial charge in [-0.1, -0.05) is 12.8 Å². The largest absolute Gasteiger partial charge is 0.388 e. The number of carbonyl (C=O) groups excluding carboxylic acids is 1.